The van der Waals surface area contributed by atoms with Crippen molar-refractivity contribution in [2.24, 2.45) is 0 Å². The monoisotopic (exact) mass is 345 g/mol. The van der Waals surface area contributed by atoms with Gasteiger partial charge in [-0.05, 0) is 25.0 Å². The molecule has 1 aromatic heterocycles. The number of sulfonamides is 1. The van der Waals surface area contributed by atoms with Gasteiger partial charge in [0.2, 0.25) is 10.0 Å². The van der Waals surface area contributed by atoms with Crippen LogP contribution >= 0.6 is 22.9 Å². The number of halogens is 1. The number of rotatable bonds is 3. The molecule has 8 heteroatoms. The molecule has 5 nitrogen and oxygen atoms in total. The maximum atomic E-state index is 11.3. The van der Waals surface area contributed by atoms with E-state index in [-0.39, 0.29) is 6.04 Å². The Balaban J connectivity index is 1.72. The molecule has 2 aromatic rings. The van der Waals surface area contributed by atoms with Crippen LogP contribution < -0.4 is 9.62 Å². The van der Waals surface area contributed by atoms with E-state index in [2.05, 4.69) is 14.6 Å². The van der Waals surface area contributed by atoms with Crippen molar-refractivity contribution in [2.45, 2.75) is 18.9 Å². The summed E-state index contributed by atoms with van der Waals surface area (Å²) in [6, 6.07) is 5.81. The van der Waals surface area contributed by atoms with Crippen LogP contribution in [0.4, 0.5) is 5.13 Å². The zero-order valence-electron chi connectivity index (χ0n) is 11.5. The van der Waals surface area contributed by atoms with Crippen LogP contribution in [0.1, 0.15) is 12.8 Å². The van der Waals surface area contributed by atoms with Crippen LogP contribution in [0.25, 0.3) is 10.2 Å². The third kappa shape index (κ3) is 3.48. The topological polar surface area (TPSA) is 62.3 Å². The maximum absolute atomic E-state index is 11.3. The zero-order chi connectivity index (χ0) is 15.0. The van der Waals surface area contributed by atoms with Crippen LogP contribution in [0, 0.1) is 0 Å². The van der Waals surface area contributed by atoms with Crippen molar-refractivity contribution in [1.82, 2.24) is 9.71 Å². The highest BCUT2D eigenvalue weighted by atomic mass is 35.5. The number of benzene rings is 1. The number of fused-ring (bicyclic) bond motifs is 1. The summed E-state index contributed by atoms with van der Waals surface area (Å²) in [7, 11) is -3.13. The van der Waals surface area contributed by atoms with Gasteiger partial charge >= 0.3 is 0 Å². The Morgan fingerprint density at radius 2 is 2.10 bits per heavy atom. The second-order valence-electron chi connectivity index (χ2n) is 5.23. The number of anilines is 1. The molecule has 0 aliphatic carbocycles. The van der Waals surface area contributed by atoms with Gasteiger partial charge in [0, 0.05) is 19.1 Å². The van der Waals surface area contributed by atoms with E-state index in [1.807, 2.05) is 18.2 Å². The molecule has 1 aromatic carbocycles. The number of para-hydroxylation sites is 1. The molecule has 0 radical (unpaired) electrons. The molecule has 1 aliphatic rings. The number of thiazole rings is 1. The van der Waals surface area contributed by atoms with Crippen molar-refractivity contribution in [1.29, 1.82) is 0 Å². The van der Waals surface area contributed by atoms with Crippen LogP contribution in [0.3, 0.4) is 0 Å². The third-order valence-electron chi connectivity index (χ3n) is 3.50. The van der Waals surface area contributed by atoms with Crippen molar-refractivity contribution >= 4 is 48.3 Å². The molecule has 1 saturated heterocycles. The van der Waals surface area contributed by atoms with Crippen molar-refractivity contribution in [3.05, 3.63) is 23.2 Å². The maximum Gasteiger partial charge on any atom is 0.208 e. The van der Waals surface area contributed by atoms with E-state index < -0.39 is 10.0 Å². The molecule has 1 aliphatic heterocycles. The Labute approximate surface area is 133 Å². The highest BCUT2D eigenvalue weighted by molar-refractivity contribution is 7.88. The molecule has 0 unspecified atom stereocenters. The number of nitrogens with zero attached hydrogens (tertiary/aromatic N) is 2. The molecule has 2 heterocycles. The lowest BCUT2D eigenvalue weighted by Gasteiger charge is -2.31. The number of hydrogen-bond acceptors (Lipinski definition) is 5. The van der Waals surface area contributed by atoms with Crippen molar-refractivity contribution in [2.75, 3.05) is 24.2 Å². The molecule has 0 bridgehead atoms. The summed E-state index contributed by atoms with van der Waals surface area (Å²) >= 11 is 7.78. The van der Waals surface area contributed by atoms with Gasteiger partial charge in [-0.3, -0.25) is 0 Å². The quantitative estimate of drug-likeness (QED) is 0.928. The number of piperidine rings is 1. The lowest BCUT2D eigenvalue weighted by Crippen LogP contribution is -2.44. The minimum atomic E-state index is -3.13. The van der Waals surface area contributed by atoms with Gasteiger partial charge < -0.3 is 4.90 Å². The van der Waals surface area contributed by atoms with Gasteiger partial charge in [-0.2, -0.15) is 0 Å². The van der Waals surface area contributed by atoms with Crippen LogP contribution in [0.2, 0.25) is 5.02 Å². The van der Waals surface area contributed by atoms with E-state index in [1.54, 1.807) is 11.3 Å². The molecule has 21 heavy (non-hydrogen) atoms. The van der Waals surface area contributed by atoms with Gasteiger partial charge in [0.25, 0.3) is 0 Å². The highest BCUT2D eigenvalue weighted by Gasteiger charge is 2.23. The molecular formula is C13H16ClN3O2S2. The summed E-state index contributed by atoms with van der Waals surface area (Å²) in [5.41, 5.74) is 0.843. The molecule has 3 rings (SSSR count). The van der Waals surface area contributed by atoms with E-state index in [0.29, 0.717) is 5.02 Å². The Kier molecular flexibility index (Phi) is 4.09. The van der Waals surface area contributed by atoms with Crippen LogP contribution in [0.15, 0.2) is 18.2 Å². The largest absolute Gasteiger partial charge is 0.348 e. The summed E-state index contributed by atoms with van der Waals surface area (Å²) in [6.07, 6.45) is 2.78. The van der Waals surface area contributed by atoms with Gasteiger partial charge in [-0.1, -0.05) is 29.0 Å². The number of nitrogens with one attached hydrogen (secondary N) is 1. The summed E-state index contributed by atoms with van der Waals surface area (Å²) in [6.45, 7) is 1.59. The molecule has 0 spiro atoms. The molecule has 0 atom stereocenters. The lowest BCUT2D eigenvalue weighted by atomic mass is 10.1. The van der Waals surface area contributed by atoms with Crippen LogP contribution in [0.5, 0.6) is 0 Å². The third-order valence-corrected chi connectivity index (χ3v) is 5.65. The standard InChI is InChI=1S/C13H16ClN3O2S2/c1-21(18,19)16-9-5-7-17(8-6-9)13-15-12-10(14)3-2-4-11(12)20-13/h2-4,9,16H,5-8H2,1H3. The first-order chi connectivity index (χ1) is 9.92. The smallest absolute Gasteiger partial charge is 0.208 e. The molecule has 0 amide bonds. The fraction of sp³-hybridized carbons (Fsp3) is 0.462. The van der Waals surface area contributed by atoms with Gasteiger partial charge in [0.05, 0.1) is 16.0 Å². The van der Waals surface area contributed by atoms with E-state index in [0.717, 1.165) is 41.3 Å². The minimum absolute atomic E-state index is 0.0224. The second-order valence-corrected chi connectivity index (χ2v) is 8.43. The van der Waals surface area contributed by atoms with E-state index >= 15 is 0 Å². The predicted octanol–water partition coefficient (Wildman–Crippen LogP) is 2.47. The van der Waals surface area contributed by atoms with Crippen molar-refractivity contribution < 1.29 is 8.42 Å². The molecular weight excluding hydrogens is 330 g/mol. The van der Waals surface area contributed by atoms with Gasteiger partial charge in [-0.15, -0.1) is 0 Å². The fourth-order valence-electron chi connectivity index (χ4n) is 2.53. The molecule has 1 fully saturated rings. The van der Waals surface area contributed by atoms with Crippen LogP contribution in [-0.2, 0) is 10.0 Å². The van der Waals surface area contributed by atoms with E-state index in [4.69, 9.17) is 11.6 Å². The highest BCUT2D eigenvalue weighted by Crippen LogP contribution is 2.33. The van der Waals surface area contributed by atoms with Crippen molar-refractivity contribution in [3.8, 4) is 0 Å². The molecule has 0 saturated carbocycles. The van der Waals surface area contributed by atoms with Gasteiger partial charge in [0.15, 0.2) is 5.13 Å². The van der Waals surface area contributed by atoms with E-state index in [1.165, 1.54) is 6.26 Å². The Bertz CT molecular complexity index is 752. The molecule has 114 valence electrons. The van der Waals surface area contributed by atoms with Crippen LogP contribution in [-0.4, -0.2) is 38.8 Å². The van der Waals surface area contributed by atoms with Gasteiger partial charge in [-0.25, -0.2) is 18.1 Å². The zero-order valence-corrected chi connectivity index (χ0v) is 13.9. The normalized spacial score (nSPS) is 17.5. The molecule has 1 N–H and O–H groups in total. The first-order valence-electron chi connectivity index (χ1n) is 6.70. The number of hydrogen-bond donors (Lipinski definition) is 1. The van der Waals surface area contributed by atoms with Gasteiger partial charge in [0.1, 0.15) is 5.52 Å². The SMILES string of the molecule is CS(=O)(=O)NC1CCN(c2nc3c(Cl)cccc3s2)CC1. The predicted molar refractivity (Wildman–Crippen MR) is 87.8 cm³/mol. The summed E-state index contributed by atoms with van der Waals surface area (Å²) < 4.78 is 26.3. The summed E-state index contributed by atoms with van der Waals surface area (Å²) in [5, 5.41) is 1.62. The number of aromatic nitrogens is 1. The Hall–Kier alpha value is -0.890. The average molecular weight is 346 g/mol. The minimum Gasteiger partial charge on any atom is -0.348 e. The second kappa shape index (κ2) is 5.72. The summed E-state index contributed by atoms with van der Waals surface area (Å²) in [5.74, 6) is 0. The first-order valence-corrected chi connectivity index (χ1v) is 9.78. The van der Waals surface area contributed by atoms with Crippen molar-refractivity contribution in [3.63, 3.8) is 0 Å². The first kappa shape index (κ1) is 15.0. The average Bonchev–Trinajstić information content (AvgIpc) is 2.83. The Morgan fingerprint density at radius 3 is 2.71 bits per heavy atom. The van der Waals surface area contributed by atoms with E-state index in [9.17, 15) is 8.42 Å². The lowest BCUT2D eigenvalue weighted by molar-refractivity contribution is 0.461. The Morgan fingerprint density at radius 1 is 1.38 bits per heavy atom. The summed E-state index contributed by atoms with van der Waals surface area (Å²) in [4.78, 5) is 6.81. The fourth-order valence-corrected chi connectivity index (χ4v) is 4.69.